The lowest BCUT2D eigenvalue weighted by atomic mass is 10.1. The second-order valence-electron chi connectivity index (χ2n) is 6.96. The Labute approximate surface area is 177 Å². The molecule has 6 heteroatoms. The third kappa shape index (κ3) is 3.63. The number of carbonyl (C=O) groups excluding carboxylic acids is 1. The summed E-state index contributed by atoms with van der Waals surface area (Å²) in [7, 11) is 0. The third-order valence-corrected chi connectivity index (χ3v) is 5.23. The summed E-state index contributed by atoms with van der Waals surface area (Å²) in [6.45, 7) is 0.541. The summed E-state index contributed by atoms with van der Waals surface area (Å²) in [5.74, 6) is -0.169. The molecule has 0 unspecified atom stereocenters. The van der Waals surface area contributed by atoms with Crippen molar-refractivity contribution in [1.29, 1.82) is 0 Å². The van der Waals surface area contributed by atoms with Crippen LogP contribution in [-0.4, -0.2) is 21.6 Å². The first-order chi connectivity index (χ1) is 14.7. The normalized spacial score (nSPS) is 14.9. The van der Waals surface area contributed by atoms with Gasteiger partial charge in [-0.3, -0.25) is 4.68 Å². The van der Waals surface area contributed by atoms with Crippen molar-refractivity contribution in [3.05, 3.63) is 107 Å². The molecule has 4 aromatic rings. The van der Waals surface area contributed by atoms with Gasteiger partial charge in [0.25, 0.3) is 0 Å². The van der Waals surface area contributed by atoms with E-state index in [0.717, 1.165) is 27.5 Å². The average Bonchev–Trinajstić information content (AvgIpc) is 3.36. The molecule has 0 atom stereocenters. The molecule has 0 fully saturated rings. The molecule has 0 bridgehead atoms. The number of cyclic esters (lactones) is 1. The minimum Gasteiger partial charge on any atom is -0.402 e. The van der Waals surface area contributed by atoms with E-state index in [0.29, 0.717) is 17.5 Å². The maximum Gasteiger partial charge on any atom is 0.363 e. The van der Waals surface area contributed by atoms with Crippen LogP contribution in [0.25, 0.3) is 16.8 Å². The van der Waals surface area contributed by atoms with E-state index in [2.05, 4.69) is 10.1 Å². The van der Waals surface area contributed by atoms with Gasteiger partial charge < -0.3 is 4.74 Å². The van der Waals surface area contributed by atoms with Gasteiger partial charge >= 0.3 is 5.97 Å². The van der Waals surface area contributed by atoms with Gasteiger partial charge in [0.2, 0.25) is 5.90 Å². The fourth-order valence-electron chi connectivity index (χ4n) is 3.35. The highest BCUT2D eigenvalue weighted by Gasteiger charge is 2.24. The molecule has 0 radical (unpaired) electrons. The zero-order valence-corrected chi connectivity index (χ0v) is 16.6. The fraction of sp³-hybridized carbons (Fsp3) is 0.0417. The van der Waals surface area contributed by atoms with Crippen LogP contribution in [-0.2, 0) is 16.1 Å². The van der Waals surface area contributed by atoms with Crippen molar-refractivity contribution in [3.8, 4) is 0 Å². The van der Waals surface area contributed by atoms with Crippen molar-refractivity contribution in [2.75, 3.05) is 0 Å². The van der Waals surface area contributed by atoms with Crippen LogP contribution in [0.15, 0.2) is 89.8 Å². The standard InChI is InChI=1S/C24H16ClN3O2/c25-21-8-4-3-7-20(21)15-28-14-16(13-26-28)11-22-24(29)30-23(27-22)19-10-9-17-5-1-2-6-18(17)12-19/h1-14H,15H2. The Morgan fingerprint density at radius 3 is 2.67 bits per heavy atom. The Balaban J connectivity index is 1.40. The molecular formula is C24H16ClN3O2. The van der Waals surface area contributed by atoms with E-state index in [1.165, 1.54) is 0 Å². The zero-order chi connectivity index (χ0) is 20.5. The Bertz CT molecular complexity index is 1340. The second-order valence-corrected chi connectivity index (χ2v) is 7.37. The number of fused-ring (bicyclic) bond motifs is 1. The lowest BCUT2D eigenvalue weighted by Crippen LogP contribution is -2.05. The Morgan fingerprint density at radius 2 is 1.80 bits per heavy atom. The molecule has 0 saturated heterocycles. The maximum atomic E-state index is 12.3. The molecule has 1 aromatic heterocycles. The second kappa shape index (κ2) is 7.61. The molecule has 1 aliphatic rings. The molecule has 1 aliphatic heterocycles. The predicted molar refractivity (Wildman–Crippen MR) is 117 cm³/mol. The van der Waals surface area contributed by atoms with Crippen LogP contribution in [0.4, 0.5) is 0 Å². The van der Waals surface area contributed by atoms with Gasteiger partial charge in [0.05, 0.1) is 12.7 Å². The summed E-state index contributed by atoms with van der Waals surface area (Å²) in [5, 5.41) is 7.22. The molecule has 0 N–H and O–H groups in total. The van der Waals surface area contributed by atoms with E-state index in [1.54, 1.807) is 17.0 Å². The van der Waals surface area contributed by atoms with Crippen molar-refractivity contribution < 1.29 is 9.53 Å². The first kappa shape index (κ1) is 18.3. The Hall–Kier alpha value is -3.70. The molecule has 30 heavy (non-hydrogen) atoms. The average molecular weight is 414 g/mol. The van der Waals surface area contributed by atoms with E-state index in [4.69, 9.17) is 16.3 Å². The van der Waals surface area contributed by atoms with E-state index < -0.39 is 5.97 Å². The first-order valence-corrected chi connectivity index (χ1v) is 9.81. The maximum absolute atomic E-state index is 12.3. The van der Waals surface area contributed by atoms with Gasteiger partial charge in [-0.25, -0.2) is 9.79 Å². The molecule has 5 rings (SSSR count). The number of aliphatic imine (C=N–C) groups is 1. The molecule has 3 aromatic carbocycles. The molecule has 5 nitrogen and oxygen atoms in total. The number of carbonyl (C=O) groups is 1. The SMILES string of the molecule is O=C1OC(c2ccc3ccccc3c2)=NC1=Cc1cnn(Cc2ccccc2Cl)c1. The molecule has 2 heterocycles. The van der Waals surface area contributed by atoms with Crippen LogP contribution in [0, 0.1) is 0 Å². The largest absolute Gasteiger partial charge is 0.402 e. The van der Waals surface area contributed by atoms with E-state index >= 15 is 0 Å². The van der Waals surface area contributed by atoms with Gasteiger partial charge in [0, 0.05) is 22.3 Å². The van der Waals surface area contributed by atoms with Gasteiger partial charge in [0.1, 0.15) is 0 Å². The number of nitrogens with zero attached hydrogens (tertiary/aromatic N) is 3. The summed E-state index contributed by atoms with van der Waals surface area (Å²) < 4.78 is 7.16. The van der Waals surface area contributed by atoms with Gasteiger partial charge in [-0.1, -0.05) is 60.1 Å². The molecule has 0 saturated carbocycles. The number of esters is 1. The van der Waals surface area contributed by atoms with Crippen molar-refractivity contribution in [2.24, 2.45) is 4.99 Å². The van der Waals surface area contributed by atoms with Crippen molar-refractivity contribution in [2.45, 2.75) is 6.54 Å². The van der Waals surface area contributed by atoms with Gasteiger partial charge in [-0.15, -0.1) is 0 Å². The fourth-order valence-corrected chi connectivity index (χ4v) is 3.55. The quantitative estimate of drug-likeness (QED) is 0.346. The number of benzene rings is 3. The van der Waals surface area contributed by atoms with Crippen LogP contribution in [0.5, 0.6) is 0 Å². The van der Waals surface area contributed by atoms with Crippen LogP contribution in [0.2, 0.25) is 5.02 Å². The topological polar surface area (TPSA) is 56.5 Å². The summed E-state index contributed by atoms with van der Waals surface area (Å²) in [6.07, 6.45) is 5.19. The minimum atomic E-state index is -0.475. The number of hydrogen-bond donors (Lipinski definition) is 0. The number of halogens is 1. The van der Waals surface area contributed by atoms with E-state index in [1.807, 2.05) is 72.9 Å². The molecule has 0 aliphatic carbocycles. The summed E-state index contributed by atoms with van der Waals surface area (Å²) in [5.41, 5.74) is 2.74. The highest BCUT2D eigenvalue weighted by atomic mass is 35.5. The summed E-state index contributed by atoms with van der Waals surface area (Å²) in [4.78, 5) is 16.7. The van der Waals surface area contributed by atoms with Crippen molar-refractivity contribution >= 4 is 40.3 Å². The summed E-state index contributed by atoms with van der Waals surface area (Å²) >= 11 is 6.22. The highest BCUT2D eigenvalue weighted by Crippen LogP contribution is 2.22. The van der Waals surface area contributed by atoms with Gasteiger partial charge in [0.15, 0.2) is 5.70 Å². The van der Waals surface area contributed by atoms with Crippen molar-refractivity contribution in [1.82, 2.24) is 9.78 Å². The lowest BCUT2D eigenvalue weighted by Gasteiger charge is -2.03. The summed E-state index contributed by atoms with van der Waals surface area (Å²) in [6, 6.07) is 21.5. The van der Waals surface area contributed by atoms with E-state index in [-0.39, 0.29) is 5.70 Å². The number of ether oxygens (including phenoxy) is 1. The number of aromatic nitrogens is 2. The highest BCUT2D eigenvalue weighted by molar-refractivity contribution is 6.31. The number of rotatable bonds is 4. The molecule has 0 spiro atoms. The Kier molecular flexibility index (Phi) is 4.65. The van der Waals surface area contributed by atoms with Crippen LogP contribution < -0.4 is 0 Å². The first-order valence-electron chi connectivity index (χ1n) is 9.43. The monoisotopic (exact) mass is 413 g/mol. The minimum absolute atomic E-state index is 0.246. The number of hydrogen-bond acceptors (Lipinski definition) is 4. The van der Waals surface area contributed by atoms with Crippen molar-refractivity contribution in [3.63, 3.8) is 0 Å². The van der Waals surface area contributed by atoms with Crippen LogP contribution in [0.1, 0.15) is 16.7 Å². The third-order valence-electron chi connectivity index (χ3n) is 4.86. The molecule has 0 amide bonds. The smallest absolute Gasteiger partial charge is 0.363 e. The van der Waals surface area contributed by atoms with Crippen LogP contribution in [0.3, 0.4) is 0 Å². The Morgan fingerprint density at radius 1 is 1.00 bits per heavy atom. The van der Waals surface area contributed by atoms with E-state index in [9.17, 15) is 4.79 Å². The predicted octanol–water partition coefficient (Wildman–Crippen LogP) is 5.08. The van der Waals surface area contributed by atoms with Gasteiger partial charge in [-0.2, -0.15) is 5.10 Å². The molecular weight excluding hydrogens is 398 g/mol. The van der Waals surface area contributed by atoms with Crippen LogP contribution >= 0.6 is 11.6 Å². The zero-order valence-electron chi connectivity index (χ0n) is 15.8. The van der Waals surface area contributed by atoms with Gasteiger partial charge in [-0.05, 0) is 40.6 Å². The lowest BCUT2D eigenvalue weighted by molar-refractivity contribution is -0.129. The molecule has 146 valence electrons.